The molecule has 51 heavy (non-hydrogen) atoms. The smallest absolute Gasteiger partial charge is 0.462 e. The van der Waals surface area contributed by atoms with E-state index >= 15 is 0 Å². The van der Waals surface area contributed by atoms with Crippen LogP contribution in [-0.4, -0.2) is 49.3 Å². The molecule has 2 unspecified atom stereocenters. The first-order valence-corrected chi connectivity index (χ1v) is 21.6. The highest BCUT2D eigenvalue weighted by Crippen LogP contribution is 2.43. The molecule has 10 heteroatoms. The van der Waals surface area contributed by atoms with Crippen LogP contribution in [0.4, 0.5) is 0 Å². The van der Waals surface area contributed by atoms with Crippen LogP contribution in [0.1, 0.15) is 168 Å². The van der Waals surface area contributed by atoms with E-state index in [2.05, 4.69) is 62.5 Å². The fraction of sp³-hybridized carbons (Fsp3) is 0.756. The summed E-state index contributed by atoms with van der Waals surface area (Å²) < 4.78 is 32.7. The lowest BCUT2D eigenvalue weighted by Gasteiger charge is -2.19. The molecule has 0 aliphatic heterocycles. The third-order valence-electron chi connectivity index (χ3n) is 8.19. The average Bonchev–Trinajstić information content (AvgIpc) is 3.11. The second-order valence-electron chi connectivity index (χ2n) is 13.1. The summed E-state index contributed by atoms with van der Waals surface area (Å²) in [6.45, 7) is 3.63. The Kier molecular flexibility index (Phi) is 36.2. The van der Waals surface area contributed by atoms with E-state index in [0.717, 1.165) is 77.0 Å². The van der Waals surface area contributed by atoms with Crippen molar-refractivity contribution in [3.63, 3.8) is 0 Å². The van der Waals surface area contributed by atoms with Gasteiger partial charge in [-0.25, -0.2) is 4.57 Å². The summed E-state index contributed by atoms with van der Waals surface area (Å²) in [7, 11) is -4.38. The number of carbonyl (C=O) groups excluding carboxylic acids is 2. The number of phosphoric ester groups is 1. The van der Waals surface area contributed by atoms with Gasteiger partial charge in [-0.1, -0.05) is 127 Å². The topological polar surface area (TPSA) is 134 Å². The quantitative estimate of drug-likeness (QED) is 0.0276. The molecule has 0 amide bonds. The van der Waals surface area contributed by atoms with E-state index in [1.807, 2.05) is 0 Å². The van der Waals surface area contributed by atoms with E-state index in [1.54, 1.807) is 0 Å². The summed E-state index contributed by atoms with van der Waals surface area (Å²) in [4.78, 5) is 34.8. The van der Waals surface area contributed by atoms with Gasteiger partial charge in [-0.15, -0.1) is 0 Å². The molecule has 0 heterocycles. The van der Waals surface area contributed by atoms with Crippen LogP contribution in [0.25, 0.3) is 0 Å². The zero-order valence-corrected chi connectivity index (χ0v) is 33.2. The van der Waals surface area contributed by atoms with Crippen molar-refractivity contribution in [1.29, 1.82) is 0 Å². The largest absolute Gasteiger partial charge is 0.472 e. The molecule has 0 saturated heterocycles. The van der Waals surface area contributed by atoms with Gasteiger partial charge in [0.05, 0.1) is 13.2 Å². The summed E-state index contributed by atoms with van der Waals surface area (Å²) >= 11 is 0. The van der Waals surface area contributed by atoms with Crippen molar-refractivity contribution >= 4 is 19.8 Å². The molecule has 296 valence electrons. The van der Waals surface area contributed by atoms with Gasteiger partial charge in [-0.3, -0.25) is 18.6 Å². The maximum Gasteiger partial charge on any atom is 0.472 e. The molecule has 0 aromatic heterocycles. The molecule has 0 fully saturated rings. The molecule has 0 bridgehead atoms. The first-order chi connectivity index (χ1) is 24.8. The lowest BCUT2D eigenvalue weighted by Crippen LogP contribution is -2.29. The van der Waals surface area contributed by atoms with E-state index < -0.39 is 32.5 Å². The van der Waals surface area contributed by atoms with Crippen LogP contribution in [0, 0.1) is 0 Å². The molecule has 3 N–H and O–H groups in total. The van der Waals surface area contributed by atoms with E-state index in [-0.39, 0.29) is 32.6 Å². The maximum absolute atomic E-state index is 12.5. The SMILES string of the molecule is CCCCC/C=C/C/C=C/CCCCCCCC(=O)OCC(COP(=O)(O)OCCN)OC(=O)CCCCCCC/C=C/C/C=C/CCCCC. The summed E-state index contributed by atoms with van der Waals surface area (Å²) in [6.07, 6.45) is 41.3. The van der Waals surface area contributed by atoms with Crippen LogP contribution in [-0.2, 0) is 32.7 Å². The molecule has 0 aliphatic carbocycles. The lowest BCUT2D eigenvalue weighted by atomic mass is 10.1. The minimum absolute atomic E-state index is 0.0473. The van der Waals surface area contributed by atoms with Crippen molar-refractivity contribution in [3.8, 4) is 0 Å². The average molecular weight is 740 g/mol. The predicted octanol–water partition coefficient (Wildman–Crippen LogP) is 11.2. The number of ether oxygens (including phenoxy) is 2. The molecule has 0 aliphatic rings. The molecule has 0 rings (SSSR count). The number of nitrogens with two attached hydrogens (primary N) is 1. The fourth-order valence-corrected chi connectivity index (χ4v) is 5.93. The predicted molar refractivity (Wildman–Crippen MR) is 210 cm³/mol. The minimum Gasteiger partial charge on any atom is -0.462 e. The summed E-state index contributed by atoms with van der Waals surface area (Å²) in [5.41, 5.74) is 5.33. The van der Waals surface area contributed by atoms with Gasteiger partial charge < -0.3 is 20.1 Å². The van der Waals surface area contributed by atoms with Gasteiger partial charge >= 0.3 is 19.8 Å². The summed E-state index contributed by atoms with van der Waals surface area (Å²) in [6, 6.07) is 0. The third kappa shape index (κ3) is 37.5. The van der Waals surface area contributed by atoms with Crippen LogP contribution in [0.3, 0.4) is 0 Å². The Morgan fingerprint density at radius 3 is 1.49 bits per heavy atom. The van der Waals surface area contributed by atoms with E-state index in [0.29, 0.717) is 12.8 Å². The Hall–Kier alpha value is -2.03. The van der Waals surface area contributed by atoms with Crippen LogP contribution < -0.4 is 5.73 Å². The second-order valence-corrected chi connectivity index (χ2v) is 14.6. The van der Waals surface area contributed by atoms with Gasteiger partial charge in [-0.2, -0.15) is 0 Å². The van der Waals surface area contributed by atoms with Crippen molar-refractivity contribution in [3.05, 3.63) is 48.6 Å². The Labute approximate surface area is 311 Å². The van der Waals surface area contributed by atoms with Crippen molar-refractivity contribution < 1.29 is 37.6 Å². The standard InChI is InChI=1S/C41H74NO8P/c1-3-5-7-9-11-13-15-17-19-21-23-25-27-29-31-33-40(43)47-37-39(38-49-51(45,46)48-36-35-42)50-41(44)34-32-30-28-26-24-22-20-18-16-14-12-10-8-6-4-2/h11-14,17-20,39H,3-10,15-16,21-38,42H2,1-2H3,(H,45,46)/b13-11+,14-12+,19-17+,20-18+. The fourth-order valence-electron chi connectivity index (χ4n) is 5.16. The first-order valence-electron chi connectivity index (χ1n) is 20.1. The Morgan fingerprint density at radius 1 is 0.588 bits per heavy atom. The summed E-state index contributed by atoms with van der Waals surface area (Å²) in [5.74, 6) is -0.864. The number of rotatable bonds is 37. The van der Waals surface area contributed by atoms with Gasteiger partial charge in [0.1, 0.15) is 6.61 Å². The first kappa shape index (κ1) is 49.0. The third-order valence-corrected chi connectivity index (χ3v) is 9.17. The van der Waals surface area contributed by atoms with Crippen LogP contribution >= 0.6 is 7.82 Å². The highest BCUT2D eigenvalue weighted by Gasteiger charge is 2.25. The van der Waals surface area contributed by atoms with E-state index in [4.69, 9.17) is 24.3 Å². The lowest BCUT2D eigenvalue weighted by molar-refractivity contribution is -0.161. The highest BCUT2D eigenvalue weighted by atomic mass is 31.2. The number of esters is 2. The van der Waals surface area contributed by atoms with Gasteiger partial charge in [-0.05, 0) is 77.0 Å². The zero-order valence-electron chi connectivity index (χ0n) is 32.3. The van der Waals surface area contributed by atoms with Crippen molar-refractivity contribution in [2.45, 2.75) is 174 Å². The van der Waals surface area contributed by atoms with Crippen LogP contribution in [0.2, 0.25) is 0 Å². The molecular weight excluding hydrogens is 665 g/mol. The van der Waals surface area contributed by atoms with Crippen LogP contribution in [0.15, 0.2) is 48.6 Å². The maximum atomic E-state index is 12.5. The molecule has 0 aromatic rings. The number of carbonyl (C=O) groups is 2. The van der Waals surface area contributed by atoms with Crippen molar-refractivity contribution in [1.82, 2.24) is 0 Å². The highest BCUT2D eigenvalue weighted by molar-refractivity contribution is 7.47. The molecule has 0 spiro atoms. The van der Waals surface area contributed by atoms with Crippen molar-refractivity contribution in [2.75, 3.05) is 26.4 Å². The Morgan fingerprint density at radius 2 is 1.02 bits per heavy atom. The number of unbranched alkanes of at least 4 members (excludes halogenated alkanes) is 16. The number of allylic oxidation sites excluding steroid dienone is 8. The second kappa shape index (κ2) is 37.7. The normalized spacial score (nSPS) is 13.9. The van der Waals surface area contributed by atoms with E-state index in [1.165, 1.54) is 51.4 Å². The molecule has 9 nitrogen and oxygen atoms in total. The van der Waals surface area contributed by atoms with Crippen molar-refractivity contribution in [2.24, 2.45) is 5.73 Å². The van der Waals surface area contributed by atoms with Crippen LogP contribution in [0.5, 0.6) is 0 Å². The van der Waals surface area contributed by atoms with E-state index in [9.17, 15) is 19.0 Å². The van der Waals surface area contributed by atoms with Gasteiger partial charge in [0.25, 0.3) is 0 Å². The minimum atomic E-state index is -4.38. The number of hydrogen-bond donors (Lipinski definition) is 2. The summed E-state index contributed by atoms with van der Waals surface area (Å²) in [5, 5.41) is 0. The molecule has 0 saturated carbocycles. The number of phosphoric acid groups is 1. The Balaban J connectivity index is 4.26. The zero-order chi connectivity index (χ0) is 37.5. The van der Waals surface area contributed by atoms with Gasteiger partial charge in [0, 0.05) is 19.4 Å². The Bertz CT molecular complexity index is 981. The molecule has 0 aromatic carbocycles. The molecule has 2 atom stereocenters. The molecular formula is C41H74NO8P. The van der Waals surface area contributed by atoms with Gasteiger partial charge in [0.15, 0.2) is 6.10 Å². The molecule has 0 radical (unpaired) electrons. The monoisotopic (exact) mass is 740 g/mol. The number of hydrogen-bond acceptors (Lipinski definition) is 8. The van der Waals surface area contributed by atoms with Gasteiger partial charge in [0.2, 0.25) is 0 Å².